The van der Waals surface area contributed by atoms with Crippen LogP contribution in [0.4, 0.5) is 13.2 Å². The molecule has 1 saturated heterocycles. The number of rotatable bonds is 10. The summed E-state index contributed by atoms with van der Waals surface area (Å²) in [4.78, 5) is 43.4. The molecule has 0 spiro atoms. The summed E-state index contributed by atoms with van der Waals surface area (Å²) in [6.45, 7) is 3.59. The Morgan fingerprint density at radius 1 is 1.15 bits per heavy atom. The van der Waals surface area contributed by atoms with Gasteiger partial charge in [0, 0.05) is 48.4 Å². The van der Waals surface area contributed by atoms with E-state index < -0.39 is 52.2 Å². The second-order valence-corrected chi connectivity index (χ2v) is 12.5. The number of benzene rings is 2. The lowest BCUT2D eigenvalue weighted by Crippen LogP contribution is -2.50. The van der Waals surface area contributed by atoms with Crippen LogP contribution in [0.3, 0.4) is 0 Å². The number of hydrogen-bond acceptors (Lipinski definition) is 6. The number of nitrogens with zero attached hydrogens (tertiary/aromatic N) is 3. The number of fused-ring (bicyclic) bond motifs is 6. The van der Waals surface area contributed by atoms with Crippen LogP contribution in [0.15, 0.2) is 58.6 Å². The second-order valence-electron chi connectivity index (χ2n) is 12.5. The zero-order valence-electron chi connectivity index (χ0n) is 25.6. The van der Waals surface area contributed by atoms with Crippen molar-refractivity contribution in [3.63, 3.8) is 0 Å². The highest BCUT2D eigenvalue weighted by molar-refractivity contribution is 5.99. The number of pyridine rings is 1. The van der Waals surface area contributed by atoms with Crippen LogP contribution in [0, 0.1) is 28.8 Å². The lowest BCUT2D eigenvalue weighted by atomic mass is 9.85. The SMILES string of the molecule is CCC/C(C[C@@]12CC1C[C@H](C)N1C[C@H]2n2cc(C(=O)NCc3c(F)cc(F)cc3F)c(=O)c(OCc3ccccc3)c2C1=O)=N/O. The molecule has 2 bridgehead atoms. The third-order valence-corrected chi connectivity index (χ3v) is 9.68. The van der Waals surface area contributed by atoms with Crippen molar-refractivity contribution >= 4 is 17.5 Å². The fraction of sp³-hybridized carbons (Fsp3) is 0.412. The van der Waals surface area contributed by atoms with Crippen molar-refractivity contribution in [2.24, 2.45) is 16.5 Å². The molecule has 9 nitrogen and oxygen atoms in total. The van der Waals surface area contributed by atoms with Gasteiger partial charge in [-0.25, -0.2) is 13.2 Å². The minimum Gasteiger partial charge on any atom is -0.483 e. The van der Waals surface area contributed by atoms with Crippen LogP contribution in [0.5, 0.6) is 5.75 Å². The Kier molecular flexibility index (Phi) is 8.39. The lowest BCUT2D eigenvalue weighted by molar-refractivity contribution is 0.0557. The summed E-state index contributed by atoms with van der Waals surface area (Å²) in [5.41, 5.74) is -0.767. The molecule has 4 atom stereocenters. The zero-order valence-corrected chi connectivity index (χ0v) is 25.6. The summed E-state index contributed by atoms with van der Waals surface area (Å²) in [7, 11) is 0. The van der Waals surface area contributed by atoms with E-state index in [1.165, 1.54) is 6.20 Å². The van der Waals surface area contributed by atoms with Crippen LogP contribution in [0.25, 0.3) is 0 Å². The molecular formula is C34H35F3N4O5. The minimum atomic E-state index is -1.18. The normalized spacial score (nSPS) is 23.3. The van der Waals surface area contributed by atoms with Gasteiger partial charge in [0.05, 0.1) is 11.8 Å². The van der Waals surface area contributed by atoms with Crippen LogP contribution in [-0.2, 0) is 13.2 Å². The van der Waals surface area contributed by atoms with E-state index in [-0.39, 0.29) is 41.6 Å². The third kappa shape index (κ3) is 5.54. The maximum atomic E-state index is 14.3. The first-order valence-electron chi connectivity index (χ1n) is 15.5. The molecule has 46 heavy (non-hydrogen) atoms. The van der Waals surface area contributed by atoms with E-state index in [9.17, 15) is 32.8 Å². The van der Waals surface area contributed by atoms with Gasteiger partial charge in [0.2, 0.25) is 5.43 Å². The van der Waals surface area contributed by atoms with Gasteiger partial charge in [-0.3, -0.25) is 14.4 Å². The number of carbonyl (C=O) groups excluding carboxylic acids is 2. The predicted molar refractivity (Wildman–Crippen MR) is 162 cm³/mol. The Balaban J connectivity index is 1.45. The fourth-order valence-electron chi connectivity index (χ4n) is 7.27. The topological polar surface area (TPSA) is 113 Å². The van der Waals surface area contributed by atoms with Gasteiger partial charge in [-0.05, 0) is 44.1 Å². The first-order chi connectivity index (χ1) is 22.1. The van der Waals surface area contributed by atoms with E-state index in [4.69, 9.17) is 4.74 Å². The highest BCUT2D eigenvalue weighted by Crippen LogP contribution is 2.67. The maximum absolute atomic E-state index is 14.3. The van der Waals surface area contributed by atoms with E-state index in [1.807, 2.05) is 19.9 Å². The van der Waals surface area contributed by atoms with Gasteiger partial charge >= 0.3 is 0 Å². The Bertz CT molecular complexity index is 1760. The molecule has 1 aliphatic carbocycles. The zero-order chi connectivity index (χ0) is 32.7. The van der Waals surface area contributed by atoms with Gasteiger partial charge < -0.3 is 24.7 Å². The Hall–Kier alpha value is -4.61. The van der Waals surface area contributed by atoms with Gasteiger partial charge in [0.15, 0.2) is 11.4 Å². The standard InChI is InChI=1S/C34H35F3N4O5/c1-3-7-23(39-45)14-34-13-21(34)10-19(2)40-17-28(34)41-16-25(32(43)38-15-24-26(36)11-22(35)12-27(24)37)30(42)31(29(41)33(40)44)46-18-20-8-5-4-6-9-20/h4-6,8-9,11-12,16,19,21,28,45H,3,7,10,13-15,17-18H2,1-2H3,(H,38,43)/b39-23-/t19-,21?,28+,34-/m0/s1. The number of nitrogens with one attached hydrogen (secondary N) is 1. The van der Waals surface area contributed by atoms with Crippen LogP contribution < -0.4 is 15.5 Å². The van der Waals surface area contributed by atoms with E-state index in [0.29, 0.717) is 37.2 Å². The van der Waals surface area contributed by atoms with Gasteiger partial charge in [-0.15, -0.1) is 0 Å². The molecule has 2 N–H and O–H groups in total. The summed E-state index contributed by atoms with van der Waals surface area (Å²) in [6.07, 6.45) is 4.74. The number of amides is 2. The van der Waals surface area contributed by atoms with Crippen LogP contribution in [0.2, 0.25) is 0 Å². The maximum Gasteiger partial charge on any atom is 0.274 e. The number of aromatic nitrogens is 1. The molecule has 1 saturated carbocycles. The molecule has 3 heterocycles. The molecule has 3 aliphatic rings. The molecule has 2 fully saturated rings. The predicted octanol–water partition coefficient (Wildman–Crippen LogP) is 5.59. The van der Waals surface area contributed by atoms with E-state index in [0.717, 1.165) is 24.8 Å². The number of halogens is 3. The molecule has 1 unspecified atom stereocenters. The summed E-state index contributed by atoms with van der Waals surface area (Å²) in [5.74, 6) is -4.88. The quantitative estimate of drug-likeness (QED) is 0.171. The van der Waals surface area contributed by atoms with Crippen molar-refractivity contribution in [2.45, 2.75) is 71.2 Å². The van der Waals surface area contributed by atoms with Crippen molar-refractivity contribution in [2.75, 3.05) is 6.54 Å². The lowest BCUT2D eigenvalue weighted by Gasteiger charge is -2.41. The molecule has 242 valence electrons. The largest absolute Gasteiger partial charge is 0.483 e. The van der Waals surface area contributed by atoms with Gasteiger partial charge in [-0.1, -0.05) is 48.8 Å². The molecule has 0 radical (unpaired) electrons. The molecule has 12 heteroatoms. The van der Waals surface area contributed by atoms with Crippen molar-refractivity contribution in [3.8, 4) is 5.75 Å². The second kappa shape index (κ2) is 12.3. The molecular weight excluding hydrogens is 601 g/mol. The average molecular weight is 637 g/mol. The van der Waals surface area contributed by atoms with Gasteiger partial charge in [-0.2, -0.15) is 0 Å². The fourth-order valence-corrected chi connectivity index (χ4v) is 7.27. The first kappa shape index (κ1) is 31.4. The molecule has 2 aliphatic heterocycles. The monoisotopic (exact) mass is 636 g/mol. The molecule has 2 aromatic carbocycles. The first-order valence-corrected chi connectivity index (χ1v) is 15.5. The average Bonchev–Trinajstić information content (AvgIpc) is 3.73. The Labute approximate surface area is 263 Å². The number of hydrogen-bond donors (Lipinski definition) is 2. The summed E-state index contributed by atoms with van der Waals surface area (Å²) >= 11 is 0. The third-order valence-electron chi connectivity index (χ3n) is 9.68. The van der Waals surface area contributed by atoms with Crippen molar-refractivity contribution in [1.82, 2.24) is 14.8 Å². The summed E-state index contributed by atoms with van der Waals surface area (Å²) in [5, 5.41) is 15.8. The number of oxime groups is 1. The van der Waals surface area contributed by atoms with Crippen molar-refractivity contribution < 1.29 is 32.7 Å². The van der Waals surface area contributed by atoms with E-state index >= 15 is 0 Å². The van der Waals surface area contributed by atoms with Gasteiger partial charge in [0.1, 0.15) is 29.6 Å². The number of carbonyl (C=O) groups is 2. The molecule has 6 rings (SSSR count). The van der Waals surface area contributed by atoms with E-state index in [2.05, 4.69) is 10.5 Å². The van der Waals surface area contributed by atoms with Crippen LogP contribution >= 0.6 is 0 Å². The van der Waals surface area contributed by atoms with Crippen LogP contribution in [0.1, 0.15) is 84.0 Å². The number of ether oxygens (including phenoxy) is 1. The highest BCUT2D eigenvalue weighted by atomic mass is 19.1. The van der Waals surface area contributed by atoms with Gasteiger partial charge in [0.25, 0.3) is 11.8 Å². The van der Waals surface area contributed by atoms with Crippen molar-refractivity contribution in [3.05, 3.63) is 98.7 Å². The smallest absolute Gasteiger partial charge is 0.274 e. The minimum absolute atomic E-state index is 0.0288. The molecule has 1 aromatic heterocycles. The van der Waals surface area contributed by atoms with Crippen LogP contribution in [-0.4, -0.2) is 44.8 Å². The molecule has 3 aromatic rings. The summed E-state index contributed by atoms with van der Waals surface area (Å²) < 4.78 is 49.9. The molecule has 2 amide bonds. The summed E-state index contributed by atoms with van der Waals surface area (Å²) in [6, 6.07) is 9.55. The van der Waals surface area contributed by atoms with E-state index in [1.54, 1.807) is 33.7 Å². The van der Waals surface area contributed by atoms with Crippen molar-refractivity contribution in [1.29, 1.82) is 0 Å². The Morgan fingerprint density at radius 3 is 2.54 bits per heavy atom. The highest BCUT2D eigenvalue weighted by Gasteiger charge is 2.64. The Morgan fingerprint density at radius 2 is 1.87 bits per heavy atom.